The van der Waals surface area contributed by atoms with Gasteiger partial charge in [-0.3, -0.25) is 10.1 Å². The third kappa shape index (κ3) is 4.80. The van der Waals surface area contributed by atoms with E-state index in [4.69, 9.17) is 0 Å². The molecule has 0 spiro atoms. The molecule has 5 rings (SSSR count). The maximum atomic E-state index is 12.6. The van der Waals surface area contributed by atoms with Crippen LogP contribution in [0.2, 0.25) is 0 Å². The molecule has 164 valence electrons. The fourth-order valence-electron chi connectivity index (χ4n) is 3.29. The smallest absolute Gasteiger partial charge is 0.241 e. The van der Waals surface area contributed by atoms with Crippen LogP contribution in [0.5, 0.6) is 0 Å². The fourth-order valence-corrected chi connectivity index (χ4v) is 5.71. The summed E-state index contributed by atoms with van der Waals surface area (Å²) in [5.41, 5.74) is 5.58. The van der Waals surface area contributed by atoms with E-state index in [9.17, 15) is 4.79 Å². The number of carbonyl (C=O) groups is 1. The molecule has 0 aliphatic heterocycles. The molecule has 33 heavy (non-hydrogen) atoms. The van der Waals surface area contributed by atoms with Gasteiger partial charge in [-0.25, -0.2) is 9.97 Å². The normalized spacial score (nSPS) is 11.1. The number of nitrogens with zero attached hydrogens (tertiary/aromatic N) is 4. The molecule has 0 bridgehead atoms. The third-order valence-electron chi connectivity index (χ3n) is 5.01. The Morgan fingerprint density at radius 2 is 1.67 bits per heavy atom. The number of fused-ring (bicyclic) bond motifs is 1. The van der Waals surface area contributed by atoms with Crippen molar-refractivity contribution in [1.29, 1.82) is 0 Å². The summed E-state index contributed by atoms with van der Waals surface area (Å²) >= 11 is 4.24. The lowest BCUT2D eigenvalue weighted by Crippen LogP contribution is -2.15. The van der Waals surface area contributed by atoms with Crippen LogP contribution in [0.3, 0.4) is 0 Å². The summed E-state index contributed by atoms with van der Waals surface area (Å²) in [7, 11) is 0. The van der Waals surface area contributed by atoms with Crippen LogP contribution in [0.25, 0.3) is 31.9 Å². The molecule has 3 heterocycles. The summed E-state index contributed by atoms with van der Waals surface area (Å²) < 4.78 is 4.28. The molecule has 0 aliphatic rings. The van der Waals surface area contributed by atoms with Crippen molar-refractivity contribution in [1.82, 2.24) is 19.3 Å². The molecule has 5 aromatic rings. The van der Waals surface area contributed by atoms with E-state index >= 15 is 0 Å². The number of amides is 1. The molecule has 1 amide bonds. The zero-order chi connectivity index (χ0) is 22.8. The fraction of sp³-hybridized carbons (Fsp3) is 0.125. The Kier molecular flexibility index (Phi) is 6.17. The van der Waals surface area contributed by atoms with Gasteiger partial charge in [-0.1, -0.05) is 71.4 Å². The molecule has 0 fully saturated rings. The van der Waals surface area contributed by atoms with E-state index in [1.165, 1.54) is 34.4 Å². The van der Waals surface area contributed by atoms with E-state index in [1.807, 2.05) is 31.2 Å². The second-order valence-electron chi connectivity index (χ2n) is 7.50. The number of nitrogens with one attached hydrogen (secondary N) is 1. The number of thioether (sulfide) groups is 1. The van der Waals surface area contributed by atoms with Gasteiger partial charge in [0.1, 0.15) is 21.2 Å². The Bertz CT molecular complexity index is 1430. The molecule has 9 heteroatoms. The highest BCUT2D eigenvalue weighted by Gasteiger charge is 2.16. The molecule has 0 saturated carbocycles. The largest absolute Gasteiger partial charge is 0.293 e. The van der Waals surface area contributed by atoms with Gasteiger partial charge in [0.05, 0.1) is 11.1 Å². The Hall–Kier alpha value is -3.14. The minimum absolute atomic E-state index is 0.174. The number of aryl methyl sites for hydroxylation is 2. The number of hydrogen-bond acceptors (Lipinski definition) is 8. The predicted molar refractivity (Wildman–Crippen MR) is 137 cm³/mol. The highest BCUT2D eigenvalue weighted by Crippen LogP contribution is 2.38. The average molecular weight is 490 g/mol. The SMILES string of the molecule is Cc1ccc(-c2nc(NC(=O)CSc3ncnc4scc(-c5ccc(C)cc5)c34)ns2)cc1. The van der Waals surface area contributed by atoms with Gasteiger partial charge in [0, 0.05) is 16.5 Å². The molecule has 0 radical (unpaired) electrons. The van der Waals surface area contributed by atoms with E-state index in [0.29, 0.717) is 5.95 Å². The quantitative estimate of drug-likeness (QED) is 0.225. The topological polar surface area (TPSA) is 80.7 Å². The van der Waals surface area contributed by atoms with Gasteiger partial charge in [-0.2, -0.15) is 9.36 Å². The van der Waals surface area contributed by atoms with Crippen LogP contribution in [-0.4, -0.2) is 31.0 Å². The molecular weight excluding hydrogens is 470 g/mol. The maximum Gasteiger partial charge on any atom is 0.241 e. The molecule has 2 aromatic carbocycles. The Morgan fingerprint density at radius 3 is 2.39 bits per heavy atom. The first-order valence-electron chi connectivity index (χ1n) is 10.2. The van der Waals surface area contributed by atoms with Gasteiger partial charge >= 0.3 is 0 Å². The van der Waals surface area contributed by atoms with Crippen LogP contribution >= 0.6 is 34.6 Å². The highest BCUT2D eigenvalue weighted by molar-refractivity contribution is 8.00. The van der Waals surface area contributed by atoms with Gasteiger partial charge in [-0.15, -0.1) is 11.3 Å². The van der Waals surface area contributed by atoms with Gasteiger partial charge in [-0.05, 0) is 30.9 Å². The van der Waals surface area contributed by atoms with Crippen LogP contribution in [-0.2, 0) is 4.79 Å². The van der Waals surface area contributed by atoms with Crippen molar-refractivity contribution >= 4 is 56.7 Å². The van der Waals surface area contributed by atoms with Crippen molar-refractivity contribution in [3.8, 4) is 21.7 Å². The second kappa shape index (κ2) is 9.38. The summed E-state index contributed by atoms with van der Waals surface area (Å²) in [5.74, 6) is 0.353. The van der Waals surface area contributed by atoms with E-state index in [1.54, 1.807) is 17.7 Å². The summed E-state index contributed by atoms with van der Waals surface area (Å²) in [6.45, 7) is 4.11. The monoisotopic (exact) mass is 489 g/mol. The lowest BCUT2D eigenvalue weighted by atomic mass is 10.1. The van der Waals surface area contributed by atoms with Crippen molar-refractivity contribution in [3.05, 3.63) is 71.4 Å². The van der Waals surface area contributed by atoms with E-state index in [-0.39, 0.29) is 11.7 Å². The van der Waals surface area contributed by atoms with Crippen LogP contribution < -0.4 is 5.32 Å². The molecule has 0 aliphatic carbocycles. The molecule has 0 unspecified atom stereocenters. The minimum atomic E-state index is -0.174. The molecule has 1 N–H and O–H groups in total. The Balaban J connectivity index is 1.30. The average Bonchev–Trinajstić information content (AvgIpc) is 3.46. The predicted octanol–water partition coefficient (Wildman–Crippen LogP) is 6.22. The van der Waals surface area contributed by atoms with Gasteiger partial charge in [0.15, 0.2) is 0 Å². The van der Waals surface area contributed by atoms with Gasteiger partial charge in [0.2, 0.25) is 11.9 Å². The zero-order valence-corrected chi connectivity index (χ0v) is 20.4. The lowest BCUT2D eigenvalue weighted by Gasteiger charge is -2.06. The molecule has 6 nitrogen and oxygen atoms in total. The van der Waals surface area contributed by atoms with Crippen LogP contribution in [0.1, 0.15) is 11.1 Å². The molecule has 0 atom stereocenters. The minimum Gasteiger partial charge on any atom is -0.293 e. The highest BCUT2D eigenvalue weighted by atomic mass is 32.2. The van der Waals surface area contributed by atoms with Crippen molar-refractivity contribution < 1.29 is 4.79 Å². The number of thiophene rings is 1. The summed E-state index contributed by atoms with van der Waals surface area (Å²) in [6, 6.07) is 16.5. The van der Waals surface area contributed by atoms with Crippen LogP contribution in [0.4, 0.5) is 5.95 Å². The van der Waals surface area contributed by atoms with E-state index < -0.39 is 0 Å². The summed E-state index contributed by atoms with van der Waals surface area (Å²) in [4.78, 5) is 26.8. The number of hydrogen-bond donors (Lipinski definition) is 1. The zero-order valence-electron chi connectivity index (χ0n) is 17.9. The van der Waals surface area contributed by atoms with Crippen molar-refractivity contribution in [2.45, 2.75) is 18.9 Å². The van der Waals surface area contributed by atoms with E-state index in [0.717, 1.165) is 36.9 Å². The van der Waals surface area contributed by atoms with Crippen LogP contribution in [0.15, 0.2) is 65.3 Å². The first kappa shape index (κ1) is 21.7. The molecular formula is C24H19N5OS3. The van der Waals surface area contributed by atoms with Crippen LogP contribution in [0, 0.1) is 13.8 Å². The van der Waals surface area contributed by atoms with Gasteiger partial charge in [0.25, 0.3) is 0 Å². The first-order chi connectivity index (χ1) is 16.1. The molecule has 0 saturated heterocycles. The number of anilines is 1. The van der Waals surface area contributed by atoms with E-state index in [2.05, 4.69) is 61.2 Å². The Morgan fingerprint density at radius 1 is 0.970 bits per heavy atom. The third-order valence-corrected chi connectivity index (χ3v) is 7.65. The summed E-state index contributed by atoms with van der Waals surface area (Å²) in [6.07, 6.45) is 1.55. The number of benzene rings is 2. The standard InChI is InChI=1S/C24H19N5OS3/c1-14-3-7-16(8-4-14)18-11-31-22-20(18)23(26-13-25-22)32-12-19(30)27-24-28-21(33-29-24)17-9-5-15(2)6-10-17/h3-11,13H,12H2,1-2H3,(H,27,29,30). The number of rotatable bonds is 6. The van der Waals surface area contributed by atoms with Crippen molar-refractivity contribution in [2.75, 3.05) is 11.1 Å². The molecule has 3 aromatic heterocycles. The van der Waals surface area contributed by atoms with Crippen molar-refractivity contribution in [2.24, 2.45) is 0 Å². The lowest BCUT2D eigenvalue weighted by molar-refractivity contribution is -0.113. The second-order valence-corrected chi connectivity index (χ2v) is 10.1. The summed E-state index contributed by atoms with van der Waals surface area (Å²) in [5, 5.41) is 7.44. The van der Waals surface area contributed by atoms with Crippen molar-refractivity contribution in [3.63, 3.8) is 0 Å². The number of aromatic nitrogens is 4. The maximum absolute atomic E-state index is 12.6. The first-order valence-corrected chi connectivity index (χ1v) is 12.8. The number of carbonyl (C=O) groups excluding carboxylic acids is 1. The Labute approximate surface area is 203 Å². The van der Waals surface area contributed by atoms with Gasteiger partial charge < -0.3 is 0 Å².